The van der Waals surface area contributed by atoms with Gasteiger partial charge in [-0.2, -0.15) is 0 Å². The second kappa shape index (κ2) is 5.09. The van der Waals surface area contributed by atoms with Crippen LogP contribution in [0.5, 0.6) is 0 Å². The van der Waals surface area contributed by atoms with E-state index in [-0.39, 0.29) is 6.42 Å². The van der Waals surface area contributed by atoms with Crippen molar-refractivity contribution < 1.29 is 9.90 Å². The first-order chi connectivity index (χ1) is 10.0. The smallest absolute Gasteiger partial charge is 0.307 e. The number of hydrogen-bond donors (Lipinski definition) is 2. The van der Waals surface area contributed by atoms with E-state index in [1.54, 1.807) is 6.20 Å². The van der Waals surface area contributed by atoms with Gasteiger partial charge >= 0.3 is 5.97 Å². The molecule has 3 aromatic rings. The van der Waals surface area contributed by atoms with Gasteiger partial charge in [-0.15, -0.1) is 0 Å². The molecule has 0 bridgehead atoms. The quantitative estimate of drug-likeness (QED) is 0.759. The number of aliphatic carboxylic acids is 1. The summed E-state index contributed by atoms with van der Waals surface area (Å²) in [6.07, 6.45) is 1.82. The minimum atomic E-state index is -0.813. The molecule has 3 heteroatoms. The van der Waals surface area contributed by atoms with Crippen molar-refractivity contribution in [2.75, 3.05) is 0 Å². The SMILES string of the molecule is Cc1ccc(-c2ccc3[nH]cc(CC(=O)O)c3c2)cc1C. The van der Waals surface area contributed by atoms with Crippen LogP contribution in [0.4, 0.5) is 0 Å². The molecular weight excluding hydrogens is 262 g/mol. The summed E-state index contributed by atoms with van der Waals surface area (Å²) in [6, 6.07) is 12.5. The maximum atomic E-state index is 10.9. The van der Waals surface area contributed by atoms with Crippen molar-refractivity contribution in [1.82, 2.24) is 4.98 Å². The summed E-state index contributed by atoms with van der Waals surface area (Å²) < 4.78 is 0. The van der Waals surface area contributed by atoms with Gasteiger partial charge < -0.3 is 10.1 Å². The number of aromatic nitrogens is 1. The lowest BCUT2D eigenvalue weighted by Crippen LogP contribution is -1.98. The highest BCUT2D eigenvalue weighted by molar-refractivity contribution is 5.90. The number of carboxylic acid groups (broad SMARTS) is 1. The monoisotopic (exact) mass is 279 g/mol. The van der Waals surface area contributed by atoms with Crippen molar-refractivity contribution in [3.8, 4) is 11.1 Å². The molecule has 106 valence electrons. The van der Waals surface area contributed by atoms with Gasteiger partial charge in [0.05, 0.1) is 6.42 Å². The third-order valence-corrected chi connectivity index (χ3v) is 3.95. The summed E-state index contributed by atoms with van der Waals surface area (Å²) in [5.41, 5.74) is 6.58. The Labute approximate surface area is 123 Å². The normalized spacial score (nSPS) is 11.0. The van der Waals surface area contributed by atoms with Crippen molar-refractivity contribution in [2.45, 2.75) is 20.3 Å². The van der Waals surface area contributed by atoms with E-state index in [0.29, 0.717) is 0 Å². The molecule has 2 N–H and O–H groups in total. The van der Waals surface area contributed by atoms with E-state index in [0.717, 1.165) is 27.6 Å². The molecule has 2 aromatic carbocycles. The first kappa shape index (κ1) is 13.4. The number of H-pyrrole nitrogens is 1. The van der Waals surface area contributed by atoms with Crippen LogP contribution < -0.4 is 0 Å². The van der Waals surface area contributed by atoms with Crippen LogP contribution in [0.2, 0.25) is 0 Å². The molecule has 1 aromatic heterocycles. The highest BCUT2D eigenvalue weighted by Gasteiger charge is 2.09. The fraction of sp³-hybridized carbons (Fsp3) is 0.167. The van der Waals surface area contributed by atoms with Crippen LogP contribution in [0.1, 0.15) is 16.7 Å². The van der Waals surface area contributed by atoms with E-state index in [9.17, 15) is 4.79 Å². The summed E-state index contributed by atoms with van der Waals surface area (Å²) in [7, 11) is 0. The Hall–Kier alpha value is -2.55. The van der Waals surface area contributed by atoms with Crippen LogP contribution >= 0.6 is 0 Å². The fourth-order valence-electron chi connectivity index (χ4n) is 2.59. The molecule has 1 heterocycles. The summed E-state index contributed by atoms with van der Waals surface area (Å²) in [6.45, 7) is 4.20. The fourth-order valence-corrected chi connectivity index (χ4v) is 2.59. The molecule has 0 unspecified atom stereocenters. The second-order valence-corrected chi connectivity index (χ2v) is 5.44. The molecule has 3 nitrogen and oxygen atoms in total. The standard InChI is InChI=1S/C18H17NO2/c1-11-3-4-13(7-12(11)2)14-5-6-17-16(8-14)15(10-19-17)9-18(20)21/h3-8,10,19H,9H2,1-2H3,(H,20,21). The van der Waals surface area contributed by atoms with Crippen LogP contribution in [-0.4, -0.2) is 16.1 Å². The average molecular weight is 279 g/mol. The van der Waals surface area contributed by atoms with Crippen LogP contribution in [0.3, 0.4) is 0 Å². The molecule has 0 aliphatic heterocycles. The lowest BCUT2D eigenvalue weighted by molar-refractivity contribution is -0.136. The Morgan fingerprint density at radius 3 is 2.48 bits per heavy atom. The van der Waals surface area contributed by atoms with Crippen molar-refractivity contribution in [3.05, 3.63) is 59.3 Å². The summed E-state index contributed by atoms with van der Waals surface area (Å²) >= 11 is 0. The van der Waals surface area contributed by atoms with Gasteiger partial charge in [0.2, 0.25) is 0 Å². The number of aryl methyl sites for hydroxylation is 2. The topological polar surface area (TPSA) is 53.1 Å². The van der Waals surface area contributed by atoms with E-state index in [2.05, 4.69) is 49.2 Å². The number of rotatable bonds is 3. The van der Waals surface area contributed by atoms with E-state index >= 15 is 0 Å². The summed E-state index contributed by atoms with van der Waals surface area (Å²) in [5, 5.41) is 9.96. The number of benzene rings is 2. The Morgan fingerprint density at radius 2 is 1.76 bits per heavy atom. The molecule has 0 fully saturated rings. The van der Waals surface area contributed by atoms with Gasteiger partial charge in [0, 0.05) is 17.1 Å². The minimum Gasteiger partial charge on any atom is -0.481 e. The van der Waals surface area contributed by atoms with Crippen molar-refractivity contribution in [3.63, 3.8) is 0 Å². The summed E-state index contributed by atoms with van der Waals surface area (Å²) in [4.78, 5) is 14.1. The molecule has 0 spiro atoms. The van der Waals surface area contributed by atoms with Gasteiger partial charge in [-0.1, -0.05) is 24.3 Å². The van der Waals surface area contributed by atoms with Crippen molar-refractivity contribution in [1.29, 1.82) is 0 Å². The summed E-state index contributed by atoms with van der Waals surface area (Å²) in [5.74, 6) is -0.813. The van der Waals surface area contributed by atoms with Gasteiger partial charge in [0.25, 0.3) is 0 Å². The number of fused-ring (bicyclic) bond motifs is 1. The van der Waals surface area contributed by atoms with E-state index in [4.69, 9.17) is 5.11 Å². The molecule has 0 amide bonds. The molecule has 0 radical (unpaired) electrons. The van der Waals surface area contributed by atoms with E-state index in [1.165, 1.54) is 11.1 Å². The van der Waals surface area contributed by atoms with Crippen LogP contribution in [0.15, 0.2) is 42.6 Å². The van der Waals surface area contributed by atoms with Gasteiger partial charge in [-0.3, -0.25) is 4.79 Å². The number of hydrogen-bond acceptors (Lipinski definition) is 1. The predicted molar refractivity (Wildman–Crippen MR) is 84.5 cm³/mol. The Bertz CT molecular complexity index is 830. The van der Waals surface area contributed by atoms with E-state index < -0.39 is 5.97 Å². The van der Waals surface area contributed by atoms with Crippen molar-refractivity contribution in [2.24, 2.45) is 0 Å². The molecule has 0 aliphatic rings. The number of nitrogens with one attached hydrogen (secondary N) is 1. The first-order valence-corrected chi connectivity index (χ1v) is 6.94. The Morgan fingerprint density at radius 1 is 1.05 bits per heavy atom. The minimum absolute atomic E-state index is 0.0381. The predicted octanol–water partition coefficient (Wildman–Crippen LogP) is 4.08. The number of aromatic amines is 1. The van der Waals surface area contributed by atoms with Crippen LogP contribution in [0, 0.1) is 13.8 Å². The lowest BCUT2D eigenvalue weighted by Gasteiger charge is -2.06. The maximum absolute atomic E-state index is 10.9. The maximum Gasteiger partial charge on any atom is 0.307 e. The Balaban J connectivity index is 2.10. The molecule has 3 rings (SSSR count). The van der Waals surface area contributed by atoms with Gasteiger partial charge in [0.1, 0.15) is 0 Å². The first-order valence-electron chi connectivity index (χ1n) is 6.94. The highest BCUT2D eigenvalue weighted by Crippen LogP contribution is 2.27. The molecule has 0 atom stereocenters. The molecule has 0 aliphatic carbocycles. The molecule has 0 saturated carbocycles. The average Bonchev–Trinajstić information content (AvgIpc) is 2.84. The van der Waals surface area contributed by atoms with E-state index in [1.807, 2.05) is 6.07 Å². The van der Waals surface area contributed by atoms with Gasteiger partial charge in [-0.25, -0.2) is 0 Å². The zero-order valence-corrected chi connectivity index (χ0v) is 12.1. The van der Waals surface area contributed by atoms with Gasteiger partial charge in [-0.05, 0) is 53.8 Å². The molecule has 21 heavy (non-hydrogen) atoms. The Kier molecular flexibility index (Phi) is 3.26. The largest absolute Gasteiger partial charge is 0.481 e. The van der Waals surface area contributed by atoms with Gasteiger partial charge in [0.15, 0.2) is 0 Å². The zero-order chi connectivity index (χ0) is 15.0. The van der Waals surface area contributed by atoms with Crippen LogP contribution in [-0.2, 0) is 11.2 Å². The third-order valence-electron chi connectivity index (χ3n) is 3.95. The molecule has 0 saturated heterocycles. The zero-order valence-electron chi connectivity index (χ0n) is 12.1. The van der Waals surface area contributed by atoms with Crippen molar-refractivity contribution >= 4 is 16.9 Å². The lowest BCUT2D eigenvalue weighted by atomic mass is 9.98. The second-order valence-electron chi connectivity index (χ2n) is 5.44. The number of carbonyl (C=O) groups is 1. The van der Waals surface area contributed by atoms with Crippen LogP contribution in [0.25, 0.3) is 22.0 Å². The number of carboxylic acids is 1. The highest BCUT2D eigenvalue weighted by atomic mass is 16.4. The molecular formula is C18H17NO2. The third kappa shape index (κ3) is 2.55.